The molecule has 1 rings (SSSR count). The Bertz CT molecular complexity index is 143. The summed E-state index contributed by atoms with van der Waals surface area (Å²) < 4.78 is 0. The van der Waals surface area contributed by atoms with Crippen molar-refractivity contribution in [2.24, 2.45) is 5.92 Å². The van der Waals surface area contributed by atoms with Crippen molar-refractivity contribution in [3.05, 3.63) is 0 Å². The summed E-state index contributed by atoms with van der Waals surface area (Å²) in [7, 11) is 0. The van der Waals surface area contributed by atoms with Crippen LogP contribution in [0.2, 0.25) is 0 Å². The van der Waals surface area contributed by atoms with Gasteiger partial charge in [0.1, 0.15) is 0 Å². The van der Waals surface area contributed by atoms with E-state index >= 15 is 0 Å². The van der Waals surface area contributed by atoms with Crippen molar-refractivity contribution in [3.8, 4) is 0 Å². The van der Waals surface area contributed by atoms with E-state index < -0.39 is 0 Å². The van der Waals surface area contributed by atoms with E-state index in [1.165, 1.54) is 31.0 Å². The van der Waals surface area contributed by atoms with Crippen LogP contribution in [0.5, 0.6) is 0 Å². The number of hydrogen-bond donors (Lipinski definition) is 1. The fourth-order valence-electron chi connectivity index (χ4n) is 1.54. The van der Waals surface area contributed by atoms with Crippen molar-refractivity contribution < 1.29 is 4.79 Å². The highest BCUT2D eigenvalue weighted by atomic mass is 32.2. The van der Waals surface area contributed by atoms with E-state index in [-0.39, 0.29) is 5.12 Å². The lowest BCUT2D eigenvalue weighted by molar-refractivity contribution is -0.109. The summed E-state index contributed by atoms with van der Waals surface area (Å²) >= 11 is 1.47. The number of piperidine rings is 1. The first-order valence-corrected chi connectivity index (χ1v) is 5.61. The maximum absolute atomic E-state index is 10.6. The summed E-state index contributed by atoms with van der Waals surface area (Å²) in [6.07, 6.45) is 3.79. The second-order valence-electron chi connectivity index (χ2n) is 3.32. The molecule has 0 saturated carbocycles. The van der Waals surface area contributed by atoms with Crippen LogP contribution >= 0.6 is 11.8 Å². The third-order valence-electron chi connectivity index (χ3n) is 2.29. The zero-order valence-electron chi connectivity index (χ0n) is 7.64. The van der Waals surface area contributed by atoms with Crippen molar-refractivity contribution in [2.45, 2.75) is 26.2 Å². The SMILES string of the molecule is CC(=O)SCCC1CCNCC1. The smallest absolute Gasteiger partial charge is 0.185 e. The van der Waals surface area contributed by atoms with Gasteiger partial charge in [0, 0.05) is 12.7 Å². The van der Waals surface area contributed by atoms with E-state index in [1.807, 2.05) is 0 Å². The average molecular weight is 187 g/mol. The topological polar surface area (TPSA) is 29.1 Å². The Balaban J connectivity index is 2.01. The predicted molar refractivity (Wildman–Crippen MR) is 53.3 cm³/mol. The molecule has 1 aliphatic rings. The Morgan fingerprint density at radius 2 is 2.17 bits per heavy atom. The lowest BCUT2D eigenvalue weighted by atomic mass is 9.96. The summed E-state index contributed by atoms with van der Waals surface area (Å²) in [6, 6.07) is 0. The first kappa shape index (κ1) is 10.1. The number of thioether (sulfide) groups is 1. The summed E-state index contributed by atoms with van der Waals surface area (Å²) in [5, 5.41) is 3.59. The second-order valence-corrected chi connectivity index (χ2v) is 4.59. The van der Waals surface area contributed by atoms with E-state index in [1.54, 1.807) is 6.92 Å². The third kappa shape index (κ3) is 4.12. The highest BCUT2D eigenvalue weighted by molar-refractivity contribution is 8.13. The van der Waals surface area contributed by atoms with Crippen LogP contribution in [-0.2, 0) is 4.79 Å². The zero-order chi connectivity index (χ0) is 8.81. The molecule has 0 unspecified atom stereocenters. The molecular formula is C9H17NOS. The molecule has 0 spiro atoms. The minimum Gasteiger partial charge on any atom is -0.317 e. The van der Waals surface area contributed by atoms with Crippen molar-refractivity contribution >= 4 is 16.9 Å². The molecule has 0 amide bonds. The molecule has 1 fully saturated rings. The summed E-state index contributed by atoms with van der Waals surface area (Å²) in [6.45, 7) is 3.97. The van der Waals surface area contributed by atoms with Gasteiger partial charge in [0.25, 0.3) is 0 Å². The van der Waals surface area contributed by atoms with E-state index in [0.29, 0.717) is 0 Å². The lowest BCUT2D eigenvalue weighted by Gasteiger charge is -2.21. The van der Waals surface area contributed by atoms with Gasteiger partial charge in [-0.3, -0.25) is 4.79 Å². The molecule has 1 saturated heterocycles. The average Bonchev–Trinajstić information content (AvgIpc) is 2.05. The standard InChI is InChI=1S/C9H17NOS/c1-8(11)12-7-4-9-2-5-10-6-3-9/h9-10H,2-7H2,1H3. The molecular weight excluding hydrogens is 170 g/mol. The van der Waals surface area contributed by atoms with Gasteiger partial charge >= 0.3 is 0 Å². The third-order valence-corrected chi connectivity index (χ3v) is 3.14. The Labute approximate surface area is 78.5 Å². The fourth-order valence-corrected chi connectivity index (χ4v) is 2.28. The lowest BCUT2D eigenvalue weighted by Crippen LogP contribution is -2.27. The number of rotatable bonds is 3. The number of carbonyl (C=O) groups is 1. The maximum atomic E-state index is 10.6. The molecule has 0 bridgehead atoms. The Morgan fingerprint density at radius 1 is 1.50 bits per heavy atom. The molecule has 0 aromatic carbocycles. The van der Waals surface area contributed by atoms with Crippen molar-refractivity contribution in [1.82, 2.24) is 5.32 Å². The van der Waals surface area contributed by atoms with Crippen LogP contribution in [0.15, 0.2) is 0 Å². The summed E-state index contributed by atoms with van der Waals surface area (Å²) in [5.41, 5.74) is 0. The van der Waals surface area contributed by atoms with Crippen LogP contribution in [0.4, 0.5) is 0 Å². The Hall–Kier alpha value is -0.0200. The molecule has 0 radical (unpaired) electrons. The maximum Gasteiger partial charge on any atom is 0.185 e. The minimum atomic E-state index is 0.254. The van der Waals surface area contributed by atoms with Gasteiger partial charge in [-0.05, 0) is 38.3 Å². The van der Waals surface area contributed by atoms with Gasteiger partial charge in [-0.25, -0.2) is 0 Å². The fraction of sp³-hybridized carbons (Fsp3) is 0.889. The molecule has 0 aromatic heterocycles. The molecule has 1 aliphatic heterocycles. The molecule has 3 heteroatoms. The Kier molecular flexibility index (Phi) is 4.69. The van der Waals surface area contributed by atoms with Crippen LogP contribution in [-0.4, -0.2) is 24.0 Å². The first-order valence-electron chi connectivity index (χ1n) is 4.63. The zero-order valence-corrected chi connectivity index (χ0v) is 8.45. The molecule has 12 heavy (non-hydrogen) atoms. The van der Waals surface area contributed by atoms with Crippen molar-refractivity contribution in [2.75, 3.05) is 18.8 Å². The molecule has 2 nitrogen and oxygen atoms in total. The first-order chi connectivity index (χ1) is 5.79. The quantitative estimate of drug-likeness (QED) is 0.728. The molecule has 0 atom stereocenters. The largest absolute Gasteiger partial charge is 0.317 e. The highest BCUT2D eigenvalue weighted by Gasteiger charge is 2.12. The van der Waals surface area contributed by atoms with Crippen LogP contribution in [0, 0.1) is 5.92 Å². The number of carbonyl (C=O) groups excluding carboxylic acids is 1. The van der Waals surface area contributed by atoms with Crippen LogP contribution in [0.25, 0.3) is 0 Å². The predicted octanol–water partition coefficient (Wildman–Crippen LogP) is 1.66. The van der Waals surface area contributed by atoms with Gasteiger partial charge in [0.2, 0.25) is 0 Å². The Morgan fingerprint density at radius 3 is 2.75 bits per heavy atom. The molecule has 1 heterocycles. The molecule has 0 aliphatic carbocycles. The summed E-state index contributed by atoms with van der Waals surface area (Å²) in [5.74, 6) is 1.87. The van der Waals surface area contributed by atoms with Gasteiger partial charge in [0.05, 0.1) is 0 Å². The van der Waals surface area contributed by atoms with Gasteiger partial charge < -0.3 is 5.32 Å². The molecule has 70 valence electrons. The number of nitrogens with one attached hydrogen (secondary N) is 1. The highest BCUT2D eigenvalue weighted by Crippen LogP contribution is 2.18. The normalized spacial score (nSPS) is 19.4. The van der Waals surface area contributed by atoms with Gasteiger partial charge in [-0.15, -0.1) is 0 Å². The van der Waals surface area contributed by atoms with Crippen LogP contribution < -0.4 is 5.32 Å². The van der Waals surface area contributed by atoms with Gasteiger partial charge in [-0.2, -0.15) is 0 Å². The van der Waals surface area contributed by atoms with Crippen molar-refractivity contribution in [1.29, 1.82) is 0 Å². The molecule has 1 N–H and O–H groups in total. The van der Waals surface area contributed by atoms with Crippen LogP contribution in [0.3, 0.4) is 0 Å². The van der Waals surface area contributed by atoms with Gasteiger partial charge in [-0.1, -0.05) is 11.8 Å². The second kappa shape index (κ2) is 5.60. The number of hydrogen-bond acceptors (Lipinski definition) is 3. The van der Waals surface area contributed by atoms with E-state index in [9.17, 15) is 4.79 Å². The monoisotopic (exact) mass is 187 g/mol. The van der Waals surface area contributed by atoms with E-state index in [4.69, 9.17) is 0 Å². The summed E-state index contributed by atoms with van der Waals surface area (Å²) in [4.78, 5) is 10.6. The minimum absolute atomic E-state index is 0.254. The van der Waals surface area contributed by atoms with E-state index in [2.05, 4.69) is 5.32 Å². The van der Waals surface area contributed by atoms with Crippen molar-refractivity contribution in [3.63, 3.8) is 0 Å². The van der Waals surface area contributed by atoms with Gasteiger partial charge in [0.15, 0.2) is 5.12 Å². The molecule has 0 aromatic rings. The van der Waals surface area contributed by atoms with Crippen LogP contribution in [0.1, 0.15) is 26.2 Å². The van der Waals surface area contributed by atoms with E-state index in [0.717, 1.165) is 24.8 Å².